The second-order valence-corrected chi connectivity index (χ2v) is 14.4. The number of fused-ring (bicyclic) bond motifs is 1. The SMILES string of the molecule is C=C1C(=CC=C2CCC[C@@]3(C)C2CC[C@@H]3[C@H](C)C=CC(=O)C(CC)(CC)P(=O)(OC)OC)C[C@@H](O)C[C@@H]1O. The third kappa shape index (κ3) is 5.63. The fraction of sp³-hybridized carbons (Fsp3) is 0.710. The van der Waals surface area contributed by atoms with Crippen molar-refractivity contribution in [2.45, 2.75) is 103 Å². The van der Waals surface area contributed by atoms with Crippen molar-refractivity contribution >= 4 is 13.4 Å². The van der Waals surface area contributed by atoms with Crippen molar-refractivity contribution < 1.29 is 28.6 Å². The van der Waals surface area contributed by atoms with Crippen molar-refractivity contribution in [3.8, 4) is 0 Å². The van der Waals surface area contributed by atoms with E-state index in [-0.39, 0.29) is 17.1 Å². The number of carbonyl (C=O) groups is 1. The fourth-order valence-electron chi connectivity index (χ4n) is 7.68. The number of rotatable bonds is 10. The van der Waals surface area contributed by atoms with Crippen LogP contribution >= 0.6 is 7.60 Å². The molecule has 0 aliphatic heterocycles. The zero-order valence-corrected chi connectivity index (χ0v) is 25.1. The molecule has 6 atom stereocenters. The Bertz CT molecular complexity index is 1010. The molecule has 214 valence electrons. The highest BCUT2D eigenvalue weighted by Gasteiger charge is 2.53. The maximum atomic E-state index is 13.5. The molecule has 3 saturated carbocycles. The Hall–Kier alpha value is -1.30. The second kappa shape index (κ2) is 12.5. The number of hydrogen-bond donors (Lipinski definition) is 2. The zero-order valence-electron chi connectivity index (χ0n) is 24.2. The van der Waals surface area contributed by atoms with Crippen LogP contribution in [0, 0.1) is 23.2 Å². The van der Waals surface area contributed by atoms with Crippen LogP contribution in [-0.2, 0) is 18.4 Å². The lowest BCUT2D eigenvalue weighted by Gasteiger charge is -2.44. The minimum absolute atomic E-state index is 0.138. The van der Waals surface area contributed by atoms with Crippen LogP contribution in [0.15, 0.2) is 47.6 Å². The Balaban J connectivity index is 1.80. The number of carbonyl (C=O) groups excluding carboxylic acids is 1. The molecule has 0 radical (unpaired) electrons. The number of ketones is 1. The smallest absolute Gasteiger partial charge is 0.343 e. The lowest BCUT2D eigenvalue weighted by atomic mass is 9.61. The van der Waals surface area contributed by atoms with Gasteiger partial charge in [-0.1, -0.05) is 58.1 Å². The van der Waals surface area contributed by atoms with E-state index in [4.69, 9.17) is 9.05 Å². The third-order valence-corrected chi connectivity index (χ3v) is 13.0. The molecule has 0 aromatic rings. The van der Waals surface area contributed by atoms with E-state index in [1.54, 1.807) is 6.08 Å². The van der Waals surface area contributed by atoms with Gasteiger partial charge in [0.2, 0.25) is 0 Å². The van der Waals surface area contributed by atoms with Gasteiger partial charge in [0, 0.05) is 20.6 Å². The Kier molecular flexibility index (Phi) is 10.3. The highest BCUT2D eigenvalue weighted by atomic mass is 31.2. The first kappa shape index (κ1) is 31.2. The average Bonchev–Trinajstić information content (AvgIpc) is 3.26. The average molecular weight is 549 g/mol. The maximum absolute atomic E-state index is 13.5. The zero-order chi connectivity index (χ0) is 28.3. The van der Waals surface area contributed by atoms with Crippen LogP contribution in [-0.4, -0.2) is 47.6 Å². The first-order chi connectivity index (χ1) is 17.9. The molecule has 7 heteroatoms. The molecular formula is C31H49O6P. The van der Waals surface area contributed by atoms with Gasteiger partial charge in [-0.15, -0.1) is 0 Å². The summed E-state index contributed by atoms with van der Waals surface area (Å²) in [7, 11) is -0.894. The molecule has 38 heavy (non-hydrogen) atoms. The van der Waals surface area contributed by atoms with Crippen molar-refractivity contribution in [2.75, 3.05) is 14.2 Å². The van der Waals surface area contributed by atoms with E-state index >= 15 is 0 Å². The molecular weight excluding hydrogens is 499 g/mol. The van der Waals surface area contributed by atoms with E-state index in [1.165, 1.54) is 19.8 Å². The summed E-state index contributed by atoms with van der Waals surface area (Å²) in [6, 6.07) is 0. The Morgan fingerprint density at radius 1 is 1.21 bits per heavy atom. The molecule has 0 spiro atoms. The molecule has 0 aromatic carbocycles. The molecule has 3 aliphatic rings. The highest BCUT2D eigenvalue weighted by Crippen LogP contribution is 2.63. The Morgan fingerprint density at radius 3 is 2.47 bits per heavy atom. The summed E-state index contributed by atoms with van der Waals surface area (Å²) in [6.45, 7) is 12.4. The quantitative estimate of drug-likeness (QED) is 0.227. The minimum atomic E-state index is -3.59. The minimum Gasteiger partial charge on any atom is -0.393 e. The van der Waals surface area contributed by atoms with E-state index < -0.39 is 25.0 Å². The van der Waals surface area contributed by atoms with Crippen LogP contribution in [0.5, 0.6) is 0 Å². The molecule has 0 saturated heterocycles. The summed E-state index contributed by atoms with van der Waals surface area (Å²) < 4.78 is 23.9. The largest absolute Gasteiger partial charge is 0.393 e. The molecule has 3 fully saturated rings. The molecule has 2 N–H and O–H groups in total. The van der Waals surface area contributed by atoms with Crippen LogP contribution in [0.3, 0.4) is 0 Å². The van der Waals surface area contributed by atoms with E-state index in [9.17, 15) is 19.6 Å². The van der Waals surface area contributed by atoms with Crippen molar-refractivity contribution in [3.05, 3.63) is 47.6 Å². The fourth-order valence-corrected chi connectivity index (χ4v) is 9.65. The number of aliphatic hydroxyl groups is 2. The first-order valence-corrected chi connectivity index (χ1v) is 15.9. The van der Waals surface area contributed by atoms with Crippen molar-refractivity contribution in [1.82, 2.24) is 0 Å². The van der Waals surface area contributed by atoms with Gasteiger partial charge in [0.05, 0.1) is 12.2 Å². The number of allylic oxidation sites excluding steroid dienone is 5. The van der Waals surface area contributed by atoms with Crippen LogP contribution in [0.1, 0.15) is 85.5 Å². The number of hydrogen-bond acceptors (Lipinski definition) is 6. The van der Waals surface area contributed by atoms with E-state index in [2.05, 4.69) is 32.6 Å². The van der Waals surface area contributed by atoms with E-state index in [0.29, 0.717) is 37.5 Å². The standard InChI is InChI=1S/C31H49O6P/c1-8-31(9-2,38(35,36-6)37-7)29(34)17-12-21(3)26-15-16-27-23(11-10-18-30(26,27)5)13-14-24-19-25(32)20-28(33)22(24)4/h12-14,17,21,25-28,32-33H,4,8-11,15-16,18-20H2,1-3,5-7H3/t21-,25-,26-,27?,28+,30-/m1/s1. The van der Waals surface area contributed by atoms with E-state index in [0.717, 1.165) is 43.3 Å². The lowest BCUT2D eigenvalue weighted by Crippen LogP contribution is -2.38. The van der Waals surface area contributed by atoms with E-state index in [1.807, 2.05) is 19.9 Å². The summed E-state index contributed by atoms with van der Waals surface area (Å²) >= 11 is 0. The van der Waals surface area contributed by atoms with Gasteiger partial charge in [-0.3, -0.25) is 9.36 Å². The Morgan fingerprint density at radius 2 is 1.87 bits per heavy atom. The van der Waals surface area contributed by atoms with Gasteiger partial charge in [-0.2, -0.15) is 0 Å². The number of aliphatic hydroxyl groups excluding tert-OH is 2. The Labute approximate surface area is 229 Å². The maximum Gasteiger partial charge on any atom is 0.343 e. The van der Waals surface area contributed by atoms with Gasteiger partial charge in [-0.25, -0.2) is 0 Å². The van der Waals surface area contributed by atoms with Crippen molar-refractivity contribution in [2.24, 2.45) is 23.2 Å². The third-order valence-electron chi connectivity index (χ3n) is 10.1. The molecule has 3 aliphatic carbocycles. The van der Waals surface area contributed by atoms with Crippen LogP contribution in [0.4, 0.5) is 0 Å². The topological polar surface area (TPSA) is 93.1 Å². The molecule has 0 aromatic heterocycles. The summed E-state index contributed by atoms with van der Waals surface area (Å²) in [5.41, 5.74) is 3.25. The molecule has 0 heterocycles. The van der Waals surface area contributed by atoms with Gasteiger partial charge < -0.3 is 19.3 Å². The van der Waals surface area contributed by atoms with Gasteiger partial charge in [0.25, 0.3) is 0 Å². The molecule has 1 unspecified atom stereocenters. The van der Waals surface area contributed by atoms with Gasteiger partial charge in [0.15, 0.2) is 5.78 Å². The molecule has 6 nitrogen and oxygen atoms in total. The summed E-state index contributed by atoms with van der Waals surface area (Å²) in [4.78, 5) is 13.5. The summed E-state index contributed by atoms with van der Waals surface area (Å²) in [6.07, 6.45) is 14.0. The summed E-state index contributed by atoms with van der Waals surface area (Å²) in [5, 5.41) is 19.1. The second-order valence-electron chi connectivity index (χ2n) is 11.8. The van der Waals surface area contributed by atoms with Crippen LogP contribution < -0.4 is 0 Å². The molecule has 0 amide bonds. The lowest BCUT2D eigenvalue weighted by molar-refractivity contribution is -0.117. The van der Waals surface area contributed by atoms with Crippen molar-refractivity contribution in [1.29, 1.82) is 0 Å². The normalized spacial score (nSPS) is 33.7. The predicted octanol–water partition coefficient (Wildman–Crippen LogP) is 6.93. The predicted molar refractivity (Wildman–Crippen MR) is 153 cm³/mol. The van der Waals surface area contributed by atoms with Crippen LogP contribution in [0.25, 0.3) is 0 Å². The van der Waals surface area contributed by atoms with Crippen LogP contribution in [0.2, 0.25) is 0 Å². The molecule has 0 bridgehead atoms. The van der Waals surface area contributed by atoms with Gasteiger partial charge in [-0.05, 0) is 91.8 Å². The first-order valence-electron chi connectivity index (χ1n) is 14.3. The van der Waals surface area contributed by atoms with Gasteiger partial charge >= 0.3 is 7.60 Å². The summed E-state index contributed by atoms with van der Waals surface area (Å²) in [5.74, 6) is 0.930. The van der Waals surface area contributed by atoms with Gasteiger partial charge in [0.1, 0.15) is 5.16 Å². The molecule has 3 rings (SSSR count). The van der Waals surface area contributed by atoms with Crippen molar-refractivity contribution in [3.63, 3.8) is 0 Å². The monoisotopic (exact) mass is 548 g/mol. The highest BCUT2D eigenvalue weighted by molar-refractivity contribution is 7.56.